The highest BCUT2D eigenvalue weighted by atomic mass is 79.9. The van der Waals surface area contributed by atoms with Crippen LogP contribution in [-0.4, -0.2) is 34.7 Å². The molecule has 2 rings (SSSR count). The molecule has 2 unspecified atom stereocenters. The molecule has 24 heavy (non-hydrogen) atoms. The summed E-state index contributed by atoms with van der Waals surface area (Å²) in [6.07, 6.45) is -2.09. The number of ether oxygens (including phenoxy) is 2. The topological polar surface area (TPSA) is 76.0 Å². The largest absolute Gasteiger partial charge is 0.493 e. The average Bonchev–Trinajstić information content (AvgIpc) is 2.61. The monoisotopic (exact) mass is 398 g/mol. The average molecular weight is 399 g/mol. The number of methoxy groups -OCH3 is 1. The van der Waals surface area contributed by atoms with Crippen molar-refractivity contribution in [2.45, 2.75) is 12.2 Å². The van der Waals surface area contributed by atoms with Crippen LogP contribution >= 0.6 is 15.9 Å². The van der Waals surface area contributed by atoms with Crippen molar-refractivity contribution in [2.75, 3.05) is 12.4 Å². The molecule has 0 saturated carbocycles. The van der Waals surface area contributed by atoms with Gasteiger partial charge >= 0.3 is 5.97 Å². The molecule has 0 saturated heterocycles. The summed E-state index contributed by atoms with van der Waals surface area (Å²) in [6, 6.07) is 9.41. The van der Waals surface area contributed by atoms with Crippen molar-refractivity contribution in [3.05, 3.63) is 59.4 Å². The number of hydrogen-bond acceptors (Lipinski definition) is 5. The number of hydrogen-bond donors (Lipinski definition) is 2. The fourth-order valence-corrected chi connectivity index (χ4v) is 2.36. The first-order valence-corrected chi connectivity index (χ1v) is 8.16. The molecule has 0 fully saturated rings. The lowest BCUT2D eigenvalue weighted by atomic mass is 10.0. The van der Waals surface area contributed by atoms with Gasteiger partial charge in [0.2, 0.25) is 0 Å². The zero-order chi connectivity index (χ0) is 17.7. The van der Waals surface area contributed by atoms with Gasteiger partial charge in [0.05, 0.1) is 18.8 Å². The van der Waals surface area contributed by atoms with Crippen molar-refractivity contribution in [3.63, 3.8) is 0 Å². The van der Waals surface area contributed by atoms with Gasteiger partial charge in [-0.3, -0.25) is 0 Å². The Balaban J connectivity index is 2.21. The lowest BCUT2D eigenvalue weighted by Gasteiger charge is -2.17. The minimum Gasteiger partial charge on any atom is -0.493 e. The van der Waals surface area contributed by atoms with Crippen LogP contribution < -0.4 is 9.47 Å². The molecule has 0 heterocycles. The molecule has 0 aliphatic heterocycles. The van der Waals surface area contributed by atoms with Crippen molar-refractivity contribution in [1.29, 1.82) is 0 Å². The Kier molecular flexibility index (Phi) is 6.30. The normalized spacial score (nSPS) is 13.2. The van der Waals surface area contributed by atoms with E-state index in [4.69, 9.17) is 9.47 Å². The van der Waals surface area contributed by atoms with Gasteiger partial charge in [-0.2, -0.15) is 0 Å². The third-order valence-electron chi connectivity index (χ3n) is 3.33. The summed E-state index contributed by atoms with van der Waals surface area (Å²) in [4.78, 5) is 12.1. The first-order valence-electron chi connectivity index (χ1n) is 7.04. The van der Waals surface area contributed by atoms with Gasteiger partial charge in [0.25, 0.3) is 0 Å². The maximum atomic E-state index is 12.9. The Hall–Kier alpha value is -1.96. The first-order chi connectivity index (χ1) is 11.5. The van der Waals surface area contributed by atoms with E-state index in [0.717, 1.165) is 12.1 Å². The summed E-state index contributed by atoms with van der Waals surface area (Å²) in [6.45, 7) is 0. The fourth-order valence-electron chi connectivity index (χ4n) is 2.00. The molecule has 0 spiro atoms. The SMILES string of the molecule is COc1cc(C(O)C(O)CBr)ccc1OC(=O)c1ccc(F)cc1. The standard InChI is InChI=1S/C17H16BrFO5/c1-23-15-8-11(16(21)13(20)9-18)4-7-14(15)24-17(22)10-2-5-12(19)6-3-10/h2-8,13,16,20-21H,9H2,1H3. The molecule has 2 aromatic rings. The van der Waals surface area contributed by atoms with Gasteiger partial charge in [-0.1, -0.05) is 22.0 Å². The lowest BCUT2D eigenvalue weighted by molar-refractivity contribution is 0.0341. The van der Waals surface area contributed by atoms with Crippen molar-refractivity contribution in [3.8, 4) is 11.5 Å². The van der Waals surface area contributed by atoms with Gasteiger partial charge in [0, 0.05) is 5.33 Å². The molecule has 2 aromatic carbocycles. The van der Waals surface area contributed by atoms with E-state index >= 15 is 0 Å². The molecule has 5 nitrogen and oxygen atoms in total. The van der Waals surface area contributed by atoms with E-state index in [1.165, 1.54) is 37.4 Å². The summed E-state index contributed by atoms with van der Waals surface area (Å²) < 4.78 is 23.3. The number of rotatable bonds is 6. The molecule has 2 atom stereocenters. The van der Waals surface area contributed by atoms with E-state index in [1.54, 1.807) is 0 Å². The predicted octanol–water partition coefficient (Wildman–Crippen LogP) is 2.84. The Labute approximate surface area is 146 Å². The molecule has 0 radical (unpaired) electrons. The van der Waals surface area contributed by atoms with Crippen LogP contribution in [0.15, 0.2) is 42.5 Å². The lowest BCUT2D eigenvalue weighted by Crippen LogP contribution is -2.19. The molecular weight excluding hydrogens is 383 g/mol. The smallest absolute Gasteiger partial charge is 0.343 e. The Morgan fingerprint density at radius 1 is 1.17 bits per heavy atom. The molecule has 0 bridgehead atoms. The number of carbonyl (C=O) groups is 1. The van der Waals surface area contributed by atoms with E-state index in [2.05, 4.69) is 15.9 Å². The second-order valence-corrected chi connectivity index (χ2v) is 5.62. The maximum Gasteiger partial charge on any atom is 0.343 e. The summed E-state index contributed by atoms with van der Waals surface area (Å²) >= 11 is 3.09. The van der Waals surface area contributed by atoms with E-state index in [0.29, 0.717) is 5.56 Å². The van der Waals surface area contributed by atoms with Gasteiger partial charge in [-0.15, -0.1) is 0 Å². The van der Waals surface area contributed by atoms with Gasteiger partial charge in [0.15, 0.2) is 11.5 Å². The van der Waals surface area contributed by atoms with E-state index in [-0.39, 0.29) is 22.4 Å². The first kappa shape index (κ1) is 18.4. The van der Waals surface area contributed by atoms with Crippen molar-refractivity contribution in [1.82, 2.24) is 0 Å². The van der Waals surface area contributed by atoms with Crippen LogP contribution in [0.2, 0.25) is 0 Å². The second kappa shape index (κ2) is 8.23. The number of benzene rings is 2. The van der Waals surface area contributed by atoms with Gasteiger partial charge in [-0.25, -0.2) is 9.18 Å². The van der Waals surface area contributed by atoms with Gasteiger partial charge in [-0.05, 0) is 42.0 Å². The van der Waals surface area contributed by atoms with Gasteiger partial charge < -0.3 is 19.7 Å². The van der Waals surface area contributed by atoms with Crippen molar-refractivity contribution < 1.29 is 28.9 Å². The predicted molar refractivity (Wildman–Crippen MR) is 89.1 cm³/mol. The summed E-state index contributed by atoms with van der Waals surface area (Å²) in [7, 11) is 1.39. The minimum absolute atomic E-state index is 0.149. The Morgan fingerprint density at radius 3 is 2.42 bits per heavy atom. The number of carbonyl (C=O) groups excluding carboxylic acids is 1. The highest BCUT2D eigenvalue weighted by molar-refractivity contribution is 9.09. The minimum atomic E-state index is -1.11. The molecule has 0 aliphatic carbocycles. The molecule has 0 aromatic heterocycles. The Morgan fingerprint density at radius 2 is 1.83 bits per heavy atom. The second-order valence-electron chi connectivity index (χ2n) is 4.97. The molecule has 128 valence electrons. The number of aliphatic hydroxyl groups excluding tert-OH is 2. The zero-order valence-corrected chi connectivity index (χ0v) is 14.4. The maximum absolute atomic E-state index is 12.9. The van der Waals surface area contributed by atoms with E-state index in [1.807, 2.05) is 0 Å². The fraction of sp³-hybridized carbons (Fsp3) is 0.235. The summed E-state index contributed by atoms with van der Waals surface area (Å²) in [5.74, 6) is -0.741. The van der Waals surface area contributed by atoms with Crippen LogP contribution in [0.4, 0.5) is 4.39 Å². The van der Waals surface area contributed by atoms with Crippen LogP contribution in [0.3, 0.4) is 0 Å². The molecule has 2 N–H and O–H groups in total. The molecular formula is C17H16BrFO5. The molecule has 0 amide bonds. The van der Waals surface area contributed by atoms with Crippen LogP contribution in [0.25, 0.3) is 0 Å². The third-order valence-corrected chi connectivity index (χ3v) is 4.00. The quantitative estimate of drug-likeness (QED) is 0.444. The van der Waals surface area contributed by atoms with Crippen LogP contribution in [0.1, 0.15) is 22.0 Å². The van der Waals surface area contributed by atoms with Crippen LogP contribution in [-0.2, 0) is 0 Å². The summed E-state index contributed by atoms with van der Waals surface area (Å²) in [5.41, 5.74) is 0.609. The zero-order valence-electron chi connectivity index (χ0n) is 12.8. The summed E-state index contributed by atoms with van der Waals surface area (Å²) in [5, 5.41) is 19.9. The number of halogens is 2. The third kappa shape index (κ3) is 4.31. The van der Waals surface area contributed by atoms with E-state index < -0.39 is 24.0 Å². The molecule has 7 heteroatoms. The number of alkyl halides is 1. The van der Waals surface area contributed by atoms with Crippen LogP contribution in [0, 0.1) is 5.82 Å². The number of esters is 1. The number of aliphatic hydroxyl groups is 2. The van der Waals surface area contributed by atoms with Crippen molar-refractivity contribution >= 4 is 21.9 Å². The Bertz CT molecular complexity index is 705. The highest BCUT2D eigenvalue weighted by Crippen LogP contribution is 2.32. The van der Waals surface area contributed by atoms with Crippen molar-refractivity contribution in [2.24, 2.45) is 0 Å². The van der Waals surface area contributed by atoms with Crippen LogP contribution in [0.5, 0.6) is 11.5 Å². The van der Waals surface area contributed by atoms with E-state index in [9.17, 15) is 19.4 Å². The molecule has 0 aliphatic rings. The highest BCUT2D eigenvalue weighted by Gasteiger charge is 2.20. The van der Waals surface area contributed by atoms with Gasteiger partial charge in [0.1, 0.15) is 11.9 Å².